The molecule has 2 rings (SSSR count). The number of ether oxygens (including phenoxy) is 1. The molecule has 2 amide bonds. The first-order chi connectivity index (χ1) is 12.1. The van der Waals surface area contributed by atoms with E-state index < -0.39 is 17.9 Å². The summed E-state index contributed by atoms with van der Waals surface area (Å²) in [5, 5.41) is 7.07. The van der Waals surface area contributed by atoms with E-state index in [0.717, 1.165) is 17.0 Å². The van der Waals surface area contributed by atoms with Crippen molar-refractivity contribution in [2.24, 2.45) is 5.73 Å². The second-order valence-corrected chi connectivity index (χ2v) is 7.18. The van der Waals surface area contributed by atoms with E-state index in [2.05, 4.69) is 10.4 Å². The van der Waals surface area contributed by atoms with Crippen LogP contribution in [-0.2, 0) is 9.53 Å². The van der Waals surface area contributed by atoms with Crippen molar-refractivity contribution < 1.29 is 19.1 Å². The number of primary amides is 1. The van der Waals surface area contributed by atoms with E-state index in [1.807, 2.05) is 6.92 Å². The fourth-order valence-electron chi connectivity index (χ4n) is 2.47. The van der Waals surface area contributed by atoms with Crippen molar-refractivity contribution >= 4 is 34.1 Å². The molecule has 0 aliphatic rings. The number of hydrogen-bond acceptors (Lipinski definition) is 6. The van der Waals surface area contributed by atoms with E-state index >= 15 is 0 Å². The Labute approximate surface area is 155 Å². The lowest BCUT2D eigenvalue weighted by Gasteiger charge is -2.15. The van der Waals surface area contributed by atoms with Crippen LogP contribution >= 0.6 is 11.3 Å². The molecule has 0 aliphatic heterocycles. The molecule has 8 nitrogen and oxygen atoms in total. The molecule has 2 aromatic heterocycles. The van der Waals surface area contributed by atoms with Crippen molar-refractivity contribution in [2.75, 3.05) is 5.32 Å². The summed E-state index contributed by atoms with van der Waals surface area (Å²) in [6.07, 6.45) is 1.26. The summed E-state index contributed by atoms with van der Waals surface area (Å²) in [6, 6.07) is 1.19. The van der Waals surface area contributed by atoms with Gasteiger partial charge in [0.05, 0.1) is 16.5 Å². The molecule has 0 fully saturated rings. The number of hydrogen-bond donors (Lipinski definition) is 2. The van der Waals surface area contributed by atoms with Gasteiger partial charge in [0.25, 0.3) is 5.91 Å². The van der Waals surface area contributed by atoms with Crippen LogP contribution < -0.4 is 11.1 Å². The van der Waals surface area contributed by atoms with Gasteiger partial charge in [-0.25, -0.2) is 4.79 Å². The van der Waals surface area contributed by atoms with Gasteiger partial charge in [0, 0.05) is 11.9 Å². The van der Waals surface area contributed by atoms with E-state index in [0.29, 0.717) is 5.56 Å². The van der Waals surface area contributed by atoms with Crippen LogP contribution in [0.15, 0.2) is 12.3 Å². The second kappa shape index (κ2) is 7.69. The highest BCUT2D eigenvalue weighted by molar-refractivity contribution is 7.18. The first kappa shape index (κ1) is 19.6. The molecule has 140 valence electrons. The zero-order chi connectivity index (χ0) is 19.6. The number of carbonyl (C=O) groups excluding carboxylic acids is 3. The number of anilines is 1. The number of nitrogens with one attached hydrogen (secondary N) is 1. The Balaban J connectivity index is 2.37. The number of carbonyl (C=O) groups is 3. The predicted molar refractivity (Wildman–Crippen MR) is 98.4 cm³/mol. The first-order valence-electron chi connectivity index (χ1n) is 8.08. The van der Waals surface area contributed by atoms with Crippen LogP contribution in [0.2, 0.25) is 0 Å². The number of rotatable bonds is 6. The van der Waals surface area contributed by atoms with Crippen molar-refractivity contribution in [3.63, 3.8) is 0 Å². The Morgan fingerprint density at radius 1 is 1.27 bits per heavy atom. The molecular weight excluding hydrogens is 356 g/mol. The quantitative estimate of drug-likeness (QED) is 0.749. The van der Waals surface area contributed by atoms with Crippen molar-refractivity contribution in [1.29, 1.82) is 0 Å². The molecule has 3 N–H and O–H groups in total. The highest BCUT2D eigenvalue weighted by Gasteiger charge is 2.28. The third kappa shape index (κ3) is 3.93. The van der Waals surface area contributed by atoms with Gasteiger partial charge in [-0.1, -0.05) is 0 Å². The van der Waals surface area contributed by atoms with Gasteiger partial charge in [-0.2, -0.15) is 5.10 Å². The number of thiophene rings is 1. The Bertz CT molecular complexity index is 853. The molecule has 0 spiro atoms. The van der Waals surface area contributed by atoms with Gasteiger partial charge in [0.15, 0.2) is 0 Å². The number of amides is 2. The number of nitrogens with two attached hydrogens (primary N) is 1. The topological polar surface area (TPSA) is 116 Å². The minimum atomic E-state index is -0.664. The van der Waals surface area contributed by atoms with Gasteiger partial charge in [-0.05, 0) is 46.2 Å². The van der Waals surface area contributed by atoms with Gasteiger partial charge >= 0.3 is 5.97 Å². The molecule has 0 aromatic carbocycles. The van der Waals surface area contributed by atoms with Crippen LogP contribution in [0.3, 0.4) is 0 Å². The normalized spacial score (nSPS) is 12.1. The molecule has 9 heteroatoms. The molecule has 0 saturated carbocycles. The Kier molecular flexibility index (Phi) is 5.81. The van der Waals surface area contributed by atoms with E-state index in [9.17, 15) is 14.4 Å². The molecule has 0 saturated heterocycles. The third-order valence-corrected chi connectivity index (χ3v) is 4.99. The number of aromatic nitrogens is 2. The van der Waals surface area contributed by atoms with Crippen molar-refractivity contribution in [2.45, 2.75) is 46.8 Å². The summed E-state index contributed by atoms with van der Waals surface area (Å²) in [6.45, 7) is 8.56. The molecular formula is C17H22N4O4S. The Morgan fingerprint density at radius 3 is 2.42 bits per heavy atom. The van der Waals surface area contributed by atoms with Crippen LogP contribution in [0.25, 0.3) is 0 Å². The van der Waals surface area contributed by atoms with Crippen molar-refractivity contribution in [3.8, 4) is 0 Å². The summed E-state index contributed by atoms with van der Waals surface area (Å²) in [4.78, 5) is 36.9. The Morgan fingerprint density at radius 2 is 1.92 bits per heavy atom. The molecule has 26 heavy (non-hydrogen) atoms. The summed E-state index contributed by atoms with van der Waals surface area (Å²) < 4.78 is 6.80. The largest absolute Gasteiger partial charge is 0.459 e. The maximum absolute atomic E-state index is 12.6. The lowest BCUT2D eigenvalue weighted by Crippen LogP contribution is -2.25. The molecule has 2 heterocycles. The number of nitrogens with zero attached hydrogens (tertiary/aromatic N) is 2. The third-order valence-electron chi connectivity index (χ3n) is 3.77. The lowest BCUT2D eigenvalue weighted by atomic mass is 10.1. The van der Waals surface area contributed by atoms with Crippen molar-refractivity contribution in [1.82, 2.24) is 9.78 Å². The molecule has 0 radical (unpaired) electrons. The molecule has 1 atom stereocenters. The number of esters is 1. The average molecular weight is 378 g/mol. The zero-order valence-electron chi connectivity index (χ0n) is 15.3. The van der Waals surface area contributed by atoms with Gasteiger partial charge in [-0.3, -0.25) is 14.3 Å². The van der Waals surface area contributed by atoms with E-state index in [4.69, 9.17) is 10.5 Å². The molecule has 1 unspecified atom stereocenters. The zero-order valence-corrected chi connectivity index (χ0v) is 16.1. The minimum absolute atomic E-state index is 0.148. The highest BCUT2D eigenvalue weighted by atomic mass is 32.1. The minimum Gasteiger partial charge on any atom is -0.459 e. The maximum Gasteiger partial charge on any atom is 0.341 e. The van der Waals surface area contributed by atoms with Gasteiger partial charge in [0.1, 0.15) is 11.0 Å². The number of aryl methyl sites for hydroxylation is 1. The molecule has 2 aromatic rings. The second-order valence-electron chi connectivity index (χ2n) is 6.16. The monoisotopic (exact) mass is 378 g/mol. The smallest absolute Gasteiger partial charge is 0.341 e. The van der Waals surface area contributed by atoms with Gasteiger partial charge < -0.3 is 15.8 Å². The van der Waals surface area contributed by atoms with E-state index in [-0.39, 0.29) is 27.5 Å². The average Bonchev–Trinajstić information content (AvgIpc) is 3.09. The van der Waals surface area contributed by atoms with Crippen LogP contribution in [0.1, 0.15) is 58.1 Å². The lowest BCUT2D eigenvalue weighted by molar-refractivity contribution is -0.119. The summed E-state index contributed by atoms with van der Waals surface area (Å²) in [5.74, 6) is -1.64. The van der Waals surface area contributed by atoms with E-state index in [1.165, 1.54) is 0 Å². The van der Waals surface area contributed by atoms with Crippen LogP contribution in [0.4, 0.5) is 5.00 Å². The van der Waals surface area contributed by atoms with Gasteiger partial charge in [-0.15, -0.1) is 11.3 Å². The summed E-state index contributed by atoms with van der Waals surface area (Å²) in [5.41, 5.74) is 6.75. The van der Waals surface area contributed by atoms with E-state index in [1.54, 1.807) is 44.6 Å². The van der Waals surface area contributed by atoms with Crippen LogP contribution in [0, 0.1) is 13.8 Å². The van der Waals surface area contributed by atoms with Crippen LogP contribution in [-0.4, -0.2) is 33.7 Å². The maximum atomic E-state index is 12.6. The summed E-state index contributed by atoms with van der Waals surface area (Å²) in [7, 11) is 0. The van der Waals surface area contributed by atoms with Crippen LogP contribution in [0.5, 0.6) is 0 Å². The first-order valence-corrected chi connectivity index (χ1v) is 8.90. The molecule has 0 bridgehead atoms. The Hall–Kier alpha value is -2.68. The fraction of sp³-hybridized carbons (Fsp3) is 0.412. The van der Waals surface area contributed by atoms with Gasteiger partial charge in [0.2, 0.25) is 5.91 Å². The fourth-order valence-corrected chi connectivity index (χ4v) is 3.52. The molecule has 0 aliphatic carbocycles. The van der Waals surface area contributed by atoms with Crippen molar-refractivity contribution in [3.05, 3.63) is 34.0 Å². The highest BCUT2D eigenvalue weighted by Crippen LogP contribution is 2.34. The summed E-state index contributed by atoms with van der Waals surface area (Å²) >= 11 is 0.960. The SMILES string of the molecule is Cc1c(C(N)=O)sc(NC(=O)C(C)n2nccc2C)c1C(=O)OC(C)C. The predicted octanol–water partition coefficient (Wildman–Crippen LogP) is 2.43. The standard InChI is InChI=1S/C17H22N4O4S/c1-8(2)25-17(24)12-10(4)13(14(18)22)26-16(12)20-15(23)11(5)21-9(3)6-7-19-21/h6-8,11H,1-5H3,(H2,18,22)(H,20,23).